The molecule has 0 atom stereocenters. The van der Waals surface area contributed by atoms with E-state index in [2.05, 4.69) is 10.3 Å². The van der Waals surface area contributed by atoms with Gasteiger partial charge in [0.1, 0.15) is 5.75 Å². The first-order valence-corrected chi connectivity index (χ1v) is 9.14. The minimum absolute atomic E-state index is 0.194. The highest BCUT2D eigenvalue weighted by atomic mass is 16.5. The first-order valence-electron chi connectivity index (χ1n) is 9.14. The van der Waals surface area contributed by atoms with Crippen molar-refractivity contribution in [2.75, 3.05) is 5.32 Å². The summed E-state index contributed by atoms with van der Waals surface area (Å²) in [5, 5.41) is 3.70. The van der Waals surface area contributed by atoms with Crippen molar-refractivity contribution in [3.63, 3.8) is 0 Å². The molecule has 5 nitrogen and oxygen atoms in total. The first-order chi connectivity index (χ1) is 14.1. The molecule has 0 bridgehead atoms. The van der Waals surface area contributed by atoms with Crippen LogP contribution < -0.4 is 10.1 Å². The van der Waals surface area contributed by atoms with Crippen LogP contribution in [0.4, 0.5) is 5.69 Å². The van der Waals surface area contributed by atoms with E-state index in [9.17, 15) is 9.59 Å². The SMILES string of the molecule is Cc1cccc(C(=O)Nc2ccc(OC(=O)c3cccc4cccnc34)cc2)c1. The van der Waals surface area contributed by atoms with E-state index in [1.54, 1.807) is 48.7 Å². The highest BCUT2D eigenvalue weighted by Crippen LogP contribution is 2.21. The summed E-state index contributed by atoms with van der Waals surface area (Å²) in [6.45, 7) is 1.94. The third-order valence-electron chi connectivity index (χ3n) is 4.46. The van der Waals surface area contributed by atoms with Gasteiger partial charge in [0.25, 0.3) is 5.91 Å². The Kier molecular flexibility index (Phi) is 5.03. The Hall–Kier alpha value is -3.99. The number of amides is 1. The predicted octanol–water partition coefficient (Wildman–Crippen LogP) is 5.01. The molecule has 29 heavy (non-hydrogen) atoms. The van der Waals surface area contributed by atoms with Gasteiger partial charge in [-0.05, 0) is 55.5 Å². The number of benzene rings is 3. The lowest BCUT2D eigenvalue weighted by atomic mass is 10.1. The molecule has 3 aromatic carbocycles. The number of carbonyl (C=O) groups is 2. The third-order valence-corrected chi connectivity index (χ3v) is 4.46. The largest absolute Gasteiger partial charge is 0.423 e. The summed E-state index contributed by atoms with van der Waals surface area (Å²) < 4.78 is 5.48. The molecule has 1 N–H and O–H groups in total. The molecule has 142 valence electrons. The number of hydrogen-bond donors (Lipinski definition) is 1. The zero-order valence-electron chi connectivity index (χ0n) is 15.8. The fraction of sp³-hybridized carbons (Fsp3) is 0.0417. The van der Waals surface area contributed by atoms with E-state index in [0.29, 0.717) is 28.1 Å². The van der Waals surface area contributed by atoms with Crippen LogP contribution in [0.3, 0.4) is 0 Å². The molecule has 0 saturated carbocycles. The number of aryl methyl sites for hydroxylation is 1. The lowest BCUT2D eigenvalue weighted by Crippen LogP contribution is -2.12. The summed E-state index contributed by atoms with van der Waals surface area (Å²) in [4.78, 5) is 29.2. The molecule has 0 spiro atoms. The van der Waals surface area contributed by atoms with E-state index in [-0.39, 0.29) is 5.91 Å². The van der Waals surface area contributed by atoms with Crippen LogP contribution >= 0.6 is 0 Å². The monoisotopic (exact) mass is 382 g/mol. The lowest BCUT2D eigenvalue weighted by molar-refractivity contribution is 0.0736. The summed E-state index contributed by atoms with van der Waals surface area (Å²) in [6, 6.07) is 23.1. The van der Waals surface area contributed by atoms with E-state index < -0.39 is 5.97 Å². The van der Waals surface area contributed by atoms with E-state index in [1.165, 1.54) is 0 Å². The van der Waals surface area contributed by atoms with Gasteiger partial charge in [0, 0.05) is 22.8 Å². The van der Waals surface area contributed by atoms with Gasteiger partial charge in [0.2, 0.25) is 0 Å². The number of nitrogens with zero attached hydrogens (tertiary/aromatic N) is 1. The fourth-order valence-electron chi connectivity index (χ4n) is 3.03. The first kappa shape index (κ1) is 18.4. The second kappa shape index (κ2) is 7.94. The normalized spacial score (nSPS) is 10.5. The molecule has 0 aliphatic heterocycles. The topological polar surface area (TPSA) is 68.3 Å². The number of rotatable bonds is 4. The number of ether oxygens (including phenoxy) is 1. The van der Waals surface area contributed by atoms with Gasteiger partial charge in [-0.2, -0.15) is 0 Å². The number of anilines is 1. The van der Waals surface area contributed by atoms with E-state index >= 15 is 0 Å². The van der Waals surface area contributed by atoms with Gasteiger partial charge in [-0.25, -0.2) is 4.79 Å². The maximum absolute atomic E-state index is 12.6. The molecule has 0 saturated heterocycles. The van der Waals surface area contributed by atoms with Crippen LogP contribution in [0.2, 0.25) is 0 Å². The number of hydrogen-bond acceptors (Lipinski definition) is 4. The smallest absolute Gasteiger partial charge is 0.345 e. The van der Waals surface area contributed by atoms with Crippen molar-refractivity contribution in [1.29, 1.82) is 0 Å². The Balaban J connectivity index is 1.47. The Labute approximate surface area is 168 Å². The number of esters is 1. The Morgan fingerprint density at radius 2 is 1.66 bits per heavy atom. The van der Waals surface area contributed by atoms with E-state index in [1.807, 2.05) is 43.3 Å². The highest BCUT2D eigenvalue weighted by molar-refractivity contribution is 6.05. The van der Waals surface area contributed by atoms with Crippen LogP contribution in [0, 0.1) is 6.92 Å². The van der Waals surface area contributed by atoms with Crippen molar-refractivity contribution < 1.29 is 14.3 Å². The van der Waals surface area contributed by atoms with Gasteiger partial charge in [0.15, 0.2) is 0 Å². The molecule has 4 rings (SSSR count). The van der Waals surface area contributed by atoms with E-state index in [0.717, 1.165) is 10.9 Å². The Morgan fingerprint density at radius 3 is 2.45 bits per heavy atom. The summed E-state index contributed by atoms with van der Waals surface area (Å²) in [5.74, 6) is -0.289. The Morgan fingerprint density at radius 1 is 0.897 bits per heavy atom. The van der Waals surface area contributed by atoms with Crippen LogP contribution in [-0.2, 0) is 0 Å². The maximum atomic E-state index is 12.6. The van der Waals surface area contributed by atoms with Crippen molar-refractivity contribution in [2.24, 2.45) is 0 Å². The molecule has 5 heteroatoms. The lowest BCUT2D eigenvalue weighted by Gasteiger charge is -2.09. The van der Waals surface area contributed by atoms with Crippen molar-refractivity contribution in [1.82, 2.24) is 4.98 Å². The van der Waals surface area contributed by atoms with Crippen molar-refractivity contribution in [2.45, 2.75) is 6.92 Å². The summed E-state index contributed by atoms with van der Waals surface area (Å²) in [5.41, 5.74) is 3.22. The van der Waals surface area contributed by atoms with Crippen LogP contribution in [0.5, 0.6) is 5.75 Å². The molecule has 0 aliphatic carbocycles. The number of carbonyl (C=O) groups excluding carboxylic acids is 2. The summed E-state index contributed by atoms with van der Waals surface area (Å²) in [7, 11) is 0. The standard InChI is InChI=1S/C24H18N2O3/c1-16-5-2-7-18(15-16)23(27)26-19-10-12-20(13-11-19)29-24(28)21-9-3-6-17-8-4-14-25-22(17)21/h2-15H,1H3,(H,26,27). The highest BCUT2D eigenvalue weighted by Gasteiger charge is 2.13. The molecule has 4 aromatic rings. The van der Waals surface area contributed by atoms with Crippen LogP contribution in [0.25, 0.3) is 10.9 Å². The minimum Gasteiger partial charge on any atom is -0.423 e. The summed E-state index contributed by atoms with van der Waals surface area (Å²) >= 11 is 0. The number of aromatic nitrogens is 1. The number of nitrogens with one attached hydrogen (secondary N) is 1. The molecule has 0 unspecified atom stereocenters. The van der Waals surface area contributed by atoms with Gasteiger partial charge >= 0.3 is 5.97 Å². The molecule has 1 amide bonds. The molecule has 1 heterocycles. The molecule has 1 aromatic heterocycles. The minimum atomic E-state index is -0.481. The average molecular weight is 382 g/mol. The number of fused-ring (bicyclic) bond motifs is 1. The van der Waals surface area contributed by atoms with Crippen LogP contribution in [-0.4, -0.2) is 16.9 Å². The second-order valence-electron chi connectivity index (χ2n) is 6.62. The zero-order chi connectivity index (χ0) is 20.2. The van der Waals surface area contributed by atoms with Gasteiger partial charge in [-0.1, -0.05) is 35.9 Å². The second-order valence-corrected chi connectivity index (χ2v) is 6.62. The molecular formula is C24H18N2O3. The van der Waals surface area contributed by atoms with Crippen molar-refractivity contribution in [3.05, 3.63) is 102 Å². The van der Waals surface area contributed by atoms with Gasteiger partial charge < -0.3 is 10.1 Å². The Bertz CT molecular complexity index is 1190. The summed E-state index contributed by atoms with van der Waals surface area (Å²) in [6.07, 6.45) is 1.64. The molecular weight excluding hydrogens is 364 g/mol. The third kappa shape index (κ3) is 4.14. The fourth-order valence-corrected chi connectivity index (χ4v) is 3.03. The number of pyridine rings is 1. The predicted molar refractivity (Wildman–Crippen MR) is 112 cm³/mol. The average Bonchev–Trinajstić information content (AvgIpc) is 2.74. The van der Waals surface area contributed by atoms with Crippen molar-refractivity contribution in [3.8, 4) is 5.75 Å². The van der Waals surface area contributed by atoms with Crippen LogP contribution in [0.1, 0.15) is 26.3 Å². The van der Waals surface area contributed by atoms with Crippen LogP contribution in [0.15, 0.2) is 85.1 Å². The molecule has 0 fully saturated rings. The molecule has 0 radical (unpaired) electrons. The van der Waals surface area contributed by atoms with Gasteiger partial charge in [-0.3, -0.25) is 9.78 Å². The zero-order valence-corrected chi connectivity index (χ0v) is 15.8. The van der Waals surface area contributed by atoms with Gasteiger partial charge in [0.05, 0.1) is 11.1 Å². The van der Waals surface area contributed by atoms with Gasteiger partial charge in [-0.15, -0.1) is 0 Å². The van der Waals surface area contributed by atoms with Crippen molar-refractivity contribution >= 4 is 28.5 Å². The number of para-hydroxylation sites is 1. The maximum Gasteiger partial charge on any atom is 0.345 e. The van der Waals surface area contributed by atoms with E-state index in [4.69, 9.17) is 4.74 Å². The quantitative estimate of drug-likeness (QED) is 0.398. The molecule has 0 aliphatic rings.